The summed E-state index contributed by atoms with van der Waals surface area (Å²) in [7, 11) is 0. The van der Waals surface area contributed by atoms with Crippen molar-refractivity contribution in [3.63, 3.8) is 0 Å². The third kappa shape index (κ3) is 4.47. The Morgan fingerprint density at radius 2 is 1.90 bits per heavy atom. The van der Waals surface area contributed by atoms with Crippen LogP contribution in [-0.2, 0) is 4.74 Å². The van der Waals surface area contributed by atoms with Crippen LogP contribution < -0.4 is 15.0 Å². The minimum atomic E-state index is -0.632. The van der Waals surface area contributed by atoms with Gasteiger partial charge in [-0.2, -0.15) is 5.26 Å². The number of nitriles is 1. The van der Waals surface area contributed by atoms with Gasteiger partial charge in [0.15, 0.2) is 11.6 Å². The lowest BCUT2D eigenvalue weighted by Crippen LogP contribution is -2.36. The Bertz CT molecular complexity index is 1080. The number of benzene rings is 2. The average molecular weight is 405 g/mol. The molecule has 0 radical (unpaired) electrons. The number of nitrogens with one attached hydrogen (secondary N) is 1. The van der Waals surface area contributed by atoms with Crippen molar-refractivity contribution in [3.8, 4) is 17.6 Å². The maximum absolute atomic E-state index is 14.3. The number of hydrogen-bond acceptors (Lipinski definition) is 7. The SMILES string of the molecule is Cc1cc(C#N)c(F)c(Nc2ncc(Oc3cccc(N4CCOCC4)c3)cn2)c1. The Kier molecular flexibility index (Phi) is 5.72. The van der Waals surface area contributed by atoms with Gasteiger partial charge in [0.2, 0.25) is 5.95 Å². The van der Waals surface area contributed by atoms with Crippen molar-refractivity contribution in [2.75, 3.05) is 36.5 Å². The normalized spacial score (nSPS) is 13.6. The number of morpholine rings is 1. The first-order valence-electron chi connectivity index (χ1n) is 9.52. The highest BCUT2D eigenvalue weighted by Crippen LogP contribution is 2.27. The molecule has 1 aromatic heterocycles. The smallest absolute Gasteiger partial charge is 0.227 e. The molecule has 0 aliphatic carbocycles. The summed E-state index contributed by atoms with van der Waals surface area (Å²) in [5.74, 6) is 0.707. The van der Waals surface area contributed by atoms with Gasteiger partial charge in [-0.25, -0.2) is 14.4 Å². The monoisotopic (exact) mass is 405 g/mol. The van der Waals surface area contributed by atoms with Crippen molar-refractivity contribution in [1.82, 2.24) is 9.97 Å². The van der Waals surface area contributed by atoms with Crippen LogP contribution in [0.15, 0.2) is 48.8 Å². The Hall–Kier alpha value is -3.70. The summed E-state index contributed by atoms with van der Waals surface area (Å²) in [5.41, 5.74) is 1.95. The minimum absolute atomic E-state index is 0.0300. The molecule has 0 amide bonds. The van der Waals surface area contributed by atoms with Gasteiger partial charge in [-0.05, 0) is 36.8 Å². The van der Waals surface area contributed by atoms with E-state index < -0.39 is 5.82 Å². The molecule has 2 aromatic carbocycles. The van der Waals surface area contributed by atoms with E-state index in [0.717, 1.165) is 24.3 Å². The molecule has 0 spiro atoms. The van der Waals surface area contributed by atoms with Crippen LogP contribution in [0.25, 0.3) is 0 Å². The van der Waals surface area contributed by atoms with E-state index in [1.54, 1.807) is 13.0 Å². The molecule has 1 aliphatic heterocycles. The molecule has 7 nitrogen and oxygen atoms in total. The van der Waals surface area contributed by atoms with Crippen molar-refractivity contribution in [2.24, 2.45) is 0 Å². The molecule has 0 saturated carbocycles. The Labute approximate surface area is 173 Å². The van der Waals surface area contributed by atoms with Crippen LogP contribution in [0.5, 0.6) is 11.5 Å². The Balaban J connectivity index is 1.46. The van der Waals surface area contributed by atoms with E-state index in [1.165, 1.54) is 18.5 Å². The first-order chi connectivity index (χ1) is 14.6. The molecule has 1 saturated heterocycles. The molecule has 152 valence electrons. The number of rotatable bonds is 5. The van der Waals surface area contributed by atoms with Crippen LogP contribution >= 0.6 is 0 Å². The molecule has 4 rings (SSSR count). The third-order valence-corrected chi connectivity index (χ3v) is 4.64. The van der Waals surface area contributed by atoms with Crippen molar-refractivity contribution in [1.29, 1.82) is 5.26 Å². The van der Waals surface area contributed by atoms with Crippen LogP contribution in [0.3, 0.4) is 0 Å². The maximum atomic E-state index is 14.3. The van der Waals surface area contributed by atoms with Gasteiger partial charge in [-0.3, -0.25) is 0 Å². The second-order valence-corrected chi connectivity index (χ2v) is 6.85. The largest absolute Gasteiger partial charge is 0.454 e. The number of anilines is 3. The molecule has 0 atom stereocenters. The first kappa shape index (κ1) is 19.6. The molecule has 30 heavy (non-hydrogen) atoms. The minimum Gasteiger partial charge on any atom is -0.454 e. The number of hydrogen-bond donors (Lipinski definition) is 1. The number of halogens is 1. The topological polar surface area (TPSA) is 83.3 Å². The average Bonchev–Trinajstić information content (AvgIpc) is 2.78. The molecule has 0 bridgehead atoms. The van der Waals surface area contributed by atoms with Crippen LogP contribution in [0.1, 0.15) is 11.1 Å². The summed E-state index contributed by atoms with van der Waals surface area (Å²) >= 11 is 0. The molecular formula is C22H20FN5O2. The lowest BCUT2D eigenvalue weighted by atomic mass is 10.1. The first-order valence-corrected chi connectivity index (χ1v) is 9.52. The quantitative estimate of drug-likeness (QED) is 0.682. The summed E-state index contributed by atoms with van der Waals surface area (Å²) in [6.07, 6.45) is 3.02. The van der Waals surface area contributed by atoms with Gasteiger partial charge in [0.05, 0.1) is 36.9 Å². The molecule has 1 fully saturated rings. The van der Waals surface area contributed by atoms with Gasteiger partial charge in [0, 0.05) is 24.8 Å². The van der Waals surface area contributed by atoms with Gasteiger partial charge >= 0.3 is 0 Å². The second-order valence-electron chi connectivity index (χ2n) is 6.85. The lowest BCUT2D eigenvalue weighted by molar-refractivity contribution is 0.122. The summed E-state index contributed by atoms with van der Waals surface area (Å²) in [6, 6.07) is 12.7. The Morgan fingerprint density at radius 1 is 1.13 bits per heavy atom. The fourth-order valence-electron chi connectivity index (χ4n) is 3.20. The predicted octanol–water partition coefficient (Wildman–Crippen LogP) is 4.17. The van der Waals surface area contributed by atoms with Crippen molar-refractivity contribution in [3.05, 3.63) is 65.7 Å². The van der Waals surface area contributed by atoms with E-state index in [4.69, 9.17) is 14.7 Å². The zero-order valence-electron chi connectivity index (χ0n) is 16.4. The van der Waals surface area contributed by atoms with E-state index in [1.807, 2.05) is 30.3 Å². The van der Waals surface area contributed by atoms with Gasteiger partial charge < -0.3 is 19.7 Å². The van der Waals surface area contributed by atoms with Crippen molar-refractivity contribution < 1.29 is 13.9 Å². The molecule has 2 heterocycles. The maximum Gasteiger partial charge on any atom is 0.227 e. The third-order valence-electron chi connectivity index (χ3n) is 4.64. The standard InChI is InChI=1S/C22H20FN5O2/c1-15-9-16(12-24)21(23)20(10-15)27-22-25-13-19(14-26-22)30-18-4-2-3-17(11-18)28-5-7-29-8-6-28/h2-4,9-11,13-14H,5-8H2,1H3,(H,25,26,27). The van der Waals surface area contributed by atoms with E-state index >= 15 is 0 Å². The van der Waals surface area contributed by atoms with Crippen molar-refractivity contribution in [2.45, 2.75) is 6.92 Å². The van der Waals surface area contributed by atoms with Gasteiger partial charge in [-0.15, -0.1) is 0 Å². The highest BCUT2D eigenvalue weighted by atomic mass is 19.1. The van der Waals surface area contributed by atoms with Gasteiger partial charge in [0.25, 0.3) is 0 Å². The molecule has 3 aromatic rings. The fourth-order valence-corrected chi connectivity index (χ4v) is 3.20. The van der Waals surface area contributed by atoms with Crippen LogP contribution in [-0.4, -0.2) is 36.3 Å². The number of nitrogens with zero attached hydrogens (tertiary/aromatic N) is 4. The molecule has 1 N–H and O–H groups in total. The van der Waals surface area contributed by atoms with Crippen LogP contribution in [0, 0.1) is 24.1 Å². The molecular weight excluding hydrogens is 385 g/mol. The second kappa shape index (κ2) is 8.76. The fraction of sp³-hybridized carbons (Fsp3) is 0.227. The lowest BCUT2D eigenvalue weighted by Gasteiger charge is -2.29. The Morgan fingerprint density at radius 3 is 2.63 bits per heavy atom. The summed E-state index contributed by atoms with van der Waals surface area (Å²) in [6.45, 7) is 4.90. The molecule has 0 unspecified atom stereocenters. The van der Waals surface area contributed by atoms with Gasteiger partial charge in [-0.1, -0.05) is 6.07 Å². The van der Waals surface area contributed by atoms with E-state index in [2.05, 4.69) is 20.2 Å². The summed E-state index contributed by atoms with van der Waals surface area (Å²) < 4.78 is 25.6. The van der Waals surface area contributed by atoms with E-state index in [0.29, 0.717) is 24.7 Å². The van der Waals surface area contributed by atoms with Crippen LogP contribution in [0.2, 0.25) is 0 Å². The zero-order valence-corrected chi connectivity index (χ0v) is 16.4. The molecule has 8 heteroatoms. The molecule has 1 aliphatic rings. The van der Waals surface area contributed by atoms with Gasteiger partial charge in [0.1, 0.15) is 11.8 Å². The highest BCUT2D eigenvalue weighted by molar-refractivity contribution is 5.59. The number of aromatic nitrogens is 2. The van der Waals surface area contributed by atoms with Crippen molar-refractivity contribution >= 4 is 17.3 Å². The summed E-state index contributed by atoms with van der Waals surface area (Å²) in [4.78, 5) is 10.6. The van der Waals surface area contributed by atoms with E-state index in [9.17, 15) is 4.39 Å². The summed E-state index contributed by atoms with van der Waals surface area (Å²) in [5, 5.41) is 11.8. The predicted molar refractivity (Wildman–Crippen MR) is 111 cm³/mol. The number of ether oxygens (including phenoxy) is 2. The van der Waals surface area contributed by atoms with Crippen LogP contribution in [0.4, 0.5) is 21.7 Å². The zero-order chi connectivity index (χ0) is 20.9. The van der Waals surface area contributed by atoms with E-state index in [-0.39, 0.29) is 17.2 Å². The highest BCUT2D eigenvalue weighted by Gasteiger charge is 2.13. The number of aryl methyl sites for hydroxylation is 1.